The Hall–Kier alpha value is -2.61. The number of carbonyl (C=O) groups excluding carboxylic acids is 1. The summed E-state index contributed by atoms with van der Waals surface area (Å²) in [5.74, 6) is 0. The Morgan fingerprint density at radius 1 is 1.14 bits per heavy atom. The molecule has 1 aliphatic rings. The molecule has 0 unspecified atom stereocenters. The molecule has 0 bridgehead atoms. The minimum absolute atomic E-state index is 0.0260. The van der Waals surface area contributed by atoms with E-state index in [1.165, 1.54) is 6.07 Å². The third-order valence-corrected chi connectivity index (χ3v) is 5.06. The number of hydrogen-bond acceptors (Lipinski definition) is 3. The van der Waals surface area contributed by atoms with Gasteiger partial charge in [0.2, 0.25) is 0 Å². The summed E-state index contributed by atoms with van der Waals surface area (Å²) in [6.45, 7) is 2.18. The van der Waals surface area contributed by atoms with Gasteiger partial charge < -0.3 is 15.4 Å². The van der Waals surface area contributed by atoms with Crippen LogP contribution in [0.1, 0.15) is 42.4 Å². The van der Waals surface area contributed by atoms with Crippen molar-refractivity contribution in [1.82, 2.24) is 10.3 Å². The second-order valence-corrected chi connectivity index (χ2v) is 7.27. The van der Waals surface area contributed by atoms with Gasteiger partial charge in [-0.25, -0.2) is 4.79 Å². The summed E-state index contributed by atoms with van der Waals surface area (Å²) < 4.78 is 44.5. The first kappa shape index (κ1) is 21.1. The van der Waals surface area contributed by atoms with E-state index in [9.17, 15) is 18.0 Å². The van der Waals surface area contributed by atoms with E-state index in [4.69, 9.17) is 4.74 Å². The van der Waals surface area contributed by atoms with Crippen molar-refractivity contribution in [2.24, 2.45) is 0 Å². The van der Waals surface area contributed by atoms with Crippen molar-refractivity contribution >= 4 is 11.7 Å². The summed E-state index contributed by atoms with van der Waals surface area (Å²) in [7, 11) is 0. The number of carbonyl (C=O) groups is 1. The molecule has 5 nitrogen and oxygen atoms in total. The number of anilines is 1. The largest absolute Gasteiger partial charge is 0.416 e. The molecule has 0 aliphatic heterocycles. The van der Waals surface area contributed by atoms with E-state index >= 15 is 0 Å². The Labute approximate surface area is 167 Å². The molecular formula is C21H24F3N3O2. The molecular weight excluding hydrogens is 383 g/mol. The summed E-state index contributed by atoms with van der Waals surface area (Å²) in [5.41, 5.74) is 1.01. The molecule has 1 fully saturated rings. The SMILES string of the molecule is Cc1ccc(C(F)(F)F)cc1NC(=O)N[C@H]1CC[C@H](OCc2ccncc2)CC1. The fraction of sp³-hybridized carbons (Fsp3) is 0.429. The minimum atomic E-state index is -4.45. The maximum Gasteiger partial charge on any atom is 0.416 e. The predicted molar refractivity (Wildman–Crippen MR) is 103 cm³/mol. The van der Waals surface area contributed by atoms with Crippen LogP contribution in [0.2, 0.25) is 0 Å². The molecule has 156 valence electrons. The highest BCUT2D eigenvalue weighted by Gasteiger charge is 2.31. The minimum Gasteiger partial charge on any atom is -0.374 e. The fourth-order valence-corrected chi connectivity index (χ4v) is 3.34. The van der Waals surface area contributed by atoms with Gasteiger partial charge in [0, 0.05) is 24.1 Å². The molecule has 2 N–H and O–H groups in total. The maximum atomic E-state index is 12.9. The van der Waals surface area contributed by atoms with Crippen LogP contribution >= 0.6 is 0 Å². The smallest absolute Gasteiger partial charge is 0.374 e. The second kappa shape index (κ2) is 9.26. The first-order valence-electron chi connectivity index (χ1n) is 9.57. The van der Waals surface area contributed by atoms with Crippen LogP contribution in [0, 0.1) is 6.92 Å². The van der Waals surface area contributed by atoms with Gasteiger partial charge in [-0.3, -0.25) is 4.98 Å². The number of amides is 2. The molecule has 2 aromatic rings. The molecule has 1 aromatic carbocycles. The molecule has 1 saturated carbocycles. The fourth-order valence-electron chi connectivity index (χ4n) is 3.34. The number of nitrogens with zero attached hydrogens (tertiary/aromatic N) is 1. The number of nitrogens with one attached hydrogen (secondary N) is 2. The maximum absolute atomic E-state index is 12.9. The van der Waals surface area contributed by atoms with Gasteiger partial charge in [-0.1, -0.05) is 6.07 Å². The number of aryl methyl sites for hydroxylation is 1. The Morgan fingerprint density at radius 2 is 1.83 bits per heavy atom. The van der Waals surface area contributed by atoms with Gasteiger partial charge in [0.05, 0.1) is 18.3 Å². The highest BCUT2D eigenvalue weighted by molar-refractivity contribution is 5.90. The molecule has 1 aromatic heterocycles. The van der Waals surface area contributed by atoms with Crippen LogP contribution in [-0.4, -0.2) is 23.2 Å². The van der Waals surface area contributed by atoms with E-state index in [0.29, 0.717) is 12.2 Å². The van der Waals surface area contributed by atoms with Crippen molar-refractivity contribution < 1.29 is 22.7 Å². The molecule has 3 rings (SSSR count). The molecule has 0 atom stereocenters. The van der Waals surface area contributed by atoms with E-state index in [0.717, 1.165) is 43.4 Å². The molecule has 1 aliphatic carbocycles. The lowest BCUT2D eigenvalue weighted by Gasteiger charge is -2.29. The summed E-state index contributed by atoms with van der Waals surface area (Å²) in [4.78, 5) is 16.2. The van der Waals surface area contributed by atoms with Crippen molar-refractivity contribution in [3.05, 3.63) is 59.4 Å². The zero-order valence-corrected chi connectivity index (χ0v) is 16.1. The van der Waals surface area contributed by atoms with Gasteiger partial charge >= 0.3 is 12.2 Å². The van der Waals surface area contributed by atoms with Crippen molar-refractivity contribution in [3.63, 3.8) is 0 Å². The molecule has 2 amide bonds. The lowest BCUT2D eigenvalue weighted by molar-refractivity contribution is -0.137. The van der Waals surface area contributed by atoms with Crippen molar-refractivity contribution in [1.29, 1.82) is 0 Å². The summed E-state index contributed by atoms with van der Waals surface area (Å²) in [6, 6.07) is 6.62. The first-order valence-corrected chi connectivity index (χ1v) is 9.57. The highest BCUT2D eigenvalue weighted by atomic mass is 19.4. The predicted octanol–water partition coefficient (Wildman–Crippen LogP) is 5.06. The van der Waals surface area contributed by atoms with Crippen molar-refractivity contribution in [2.45, 2.75) is 57.5 Å². The number of benzene rings is 1. The molecule has 29 heavy (non-hydrogen) atoms. The Morgan fingerprint density at radius 3 is 2.48 bits per heavy atom. The molecule has 0 spiro atoms. The number of aromatic nitrogens is 1. The number of alkyl halides is 3. The first-order chi connectivity index (χ1) is 13.8. The van der Waals surface area contributed by atoms with Crippen LogP contribution in [-0.2, 0) is 17.5 Å². The Bertz CT molecular complexity index is 820. The van der Waals surface area contributed by atoms with Crippen LogP contribution in [0.3, 0.4) is 0 Å². The van der Waals surface area contributed by atoms with E-state index in [-0.39, 0.29) is 17.8 Å². The molecule has 0 saturated heterocycles. The third kappa shape index (κ3) is 6.19. The van der Waals surface area contributed by atoms with Gasteiger partial charge in [0.15, 0.2) is 0 Å². The van der Waals surface area contributed by atoms with Crippen molar-refractivity contribution in [3.8, 4) is 0 Å². The number of pyridine rings is 1. The normalized spacial score (nSPS) is 19.6. The molecule has 1 heterocycles. The van der Waals surface area contributed by atoms with Crippen LogP contribution in [0.25, 0.3) is 0 Å². The van der Waals surface area contributed by atoms with Crippen LogP contribution in [0.5, 0.6) is 0 Å². The zero-order chi connectivity index (χ0) is 20.9. The quantitative estimate of drug-likeness (QED) is 0.728. The Balaban J connectivity index is 1.45. The monoisotopic (exact) mass is 407 g/mol. The van der Waals surface area contributed by atoms with E-state index < -0.39 is 17.8 Å². The number of rotatable bonds is 5. The summed E-state index contributed by atoms with van der Waals surface area (Å²) >= 11 is 0. The van der Waals surface area contributed by atoms with Gasteiger partial charge in [-0.05, 0) is 68.0 Å². The van der Waals surface area contributed by atoms with Crippen LogP contribution < -0.4 is 10.6 Å². The number of ether oxygens (including phenoxy) is 1. The number of hydrogen-bond donors (Lipinski definition) is 2. The Kier molecular flexibility index (Phi) is 6.74. The topological polar surface area (TPSA) is 63.2 Å². The average molecular weight is 407 g/mol. The highest BCUT2D eigenvalue weighted by Crippen LogP contribution is 2.32. The van der Waals surface area contributed by atoms with Crippen molar-refractivity contribution in [2.75, 3.05) is 5.32 Å². The number of urea groups is 1. The summed E-state index contributed by atoms with van der Waals surface area (Å²) in [5, 5.41) is 5.39. The summed E-state index contributed by atoms with van der Waals surface area (Å²) in [6.07, 6.45) is 2.29. The van der Waals surface area contributed by atoms with Gasteiger partial charge in [0.1, 0.15) is 0 Å². The van der Waals surface area contributed by atoms with Crippen LogP contribution in [0.15, 0.2) is 42.7 Å². The van der Waals surface area contributed by atoms with Crippen LogP contribution in [0.4, 0.5) is 23.7 Å². The van der Waals surface area contributed by atoms with E-state index in [2.05, 4.69) is 15.6 Å². The zero-order valence-electron chi connectivity index (χ0n) is 16.1. The lowest BCUT2D eigenvalue weighted by Crippen LogP contribution is -2.41. The molecule has 0 radical (unpaired) electrons. The number of halogens is 3. The molecule has 8 heteroatoms. The second-order valence-electron chi connectivity index (χ2n) is 7.27. The standard InChI is InChI=1S/C21H24F3N3O2/c1-14-2-3-16(21(22,23)24)12-19(14)27-20(28)26-17-4-6-18(7-5-17)29-13-15-8-10-25-11-9-15/h2-3,8-12,17-18H,4-7,13H2,1H3,(H2,26,27,28)/t17-,18-. The van der Waals surface area contributed by atoms with Gasteiger partial charge in [0.25, 0.3) is 0 Å². The van der Waals surface area contributed by atoms with E-state index in [1.54, 1.807) is 19.3 Å². The van der Waals surface area contributed by atoms with Gasteiger partial charge in [-0.2, -0.15) is 13.2 Å². The third-order valence-electron chi connectivity index (χ3n) is 5.06. The average Bonchev–Trinajstić information content (AvgIpc) is 2.69. The van der Waals surface area contributed by atoms with Gasteiger partial charge in [-0.15, -0.1) is 0 Å². The van der Waals surface area contributed by atoms with E-state index in [1.807, 2.05) is 12.1 Å². The lowest BCUT2D eigenvalue weighted by atomic mass is 9.93.